The predicted octanol–water partition coefficient (Wildman–Crippen LogP) is 4.26. The van der Waals surface area contributed by atoms with Crippen molar-refractivity contribution in [2.75, 3.05) is 25.0 Å². The molecule has 0 unspecified atom stereocenters. The molecule has 2 aromatic carbocycles. The third kappa shape index (κ3) is 6.43. The van der Waals surface area contributed by atoms with Gasteiger partial charge in [0.25, 0.3) is 17.4 Å². The zero-order valence-electron chi connectivity index (χ0n) is 24.1. The number of nitrogens with zero attached hydrogens (tertiary/aromatic N) is 4. The number of carbonyl (C=O) groups excluding carboxylic acids is 2. The molecule has 6 rings (SSSR count). The van der Waals surface area contributed by atoms with Gasteiger partial charge >= 0.3 is 0 Å². The standard InChI is InChI=1S/C32H32ClN7O4/c1-2-44-27-11-6-20(12-23(27)18-39-15-21-13-22(17-39)26-4-3-5-28(41)40(26)16-21)14-36-38-32(43)30-29(34-19-35-30)31(42)37-25-9-7-24(33)8-10-25/h3-12,14,19,21-22H,2,13,15-18H2,1H3,(H,34,35)(H,37,42)(H,38,43)/b36-14-/t21-,22+/m1/s1. The van der Waals surface area contributed by atoms with Crippen LogP contribution in [0.15, 0.2) is 76.9 Å². The van der Waals surface area contributed by atoms with Crippen molar-refractivity contribution in [2.45, 2.75) is 32.4 Å². The summed E-state index contributed by atoms with van der Waals surface area (Å²) in [6.45, 7) is 5.68. The lowest BCUT2D eigenvalue weighted by Gasteiger charge is -2.43. The van der Waals surface area contributed by atoms with Crippen LogP contribution in [0.1, 0.15) is 57.1 Å². The van der Waals surface area contributed by atoms with Gasteiger partial charge in [0.2, 0.25) is 0 Å². The molecule has 0 radical (unpaired) electrons. The Balaban J connectivity index is 1.12. The van der Waals surface area contributed by atoms with Crippen LogP contribution in [0.3, 0.4) is 0 Å². The monoisotopic (exact) mass is 613 g/mol. The summed E-state index contributed by atoms with van der Waals surface area (Å²) < 4.78 is 7.87. The second-order valence-electron chi connectivity index (χ2n) is 11.0. The minimum absolute atomic E-state index is 0.00907. The van der Waals surface area contributed by atoms with Gasteiger partial charge < -0.3 is 19.6 Å². The molecule has 12 heteroatoms. The molecule has 0 aliphatic carbocycles. The average molecular weight is 614 g/mol. The number of hydrogen-bond acceptors (Lipinski definition) is 7. The number of benzene rings is 2. The van der Waals surface area contributed by atoms with Gasteiger partial charge in [-0.1, -0.05) is 17.7 Å². The van der Waals surface area contributed by atoms with Gasteiger partial charge in [0.05, 0.1) is 19.1 Å². The number of imidazole rings is 1. The van der Waals surface area contributed by atoms with Crippen LogP contribution in [0.4, 0.5) is 5.69 Å². The lowest BCUT2D eigenvalue weighted by molar-refractivity contribution is 0.0936. The Labute approximate surface area is 258 Å². The van der Waals surface area contributed by atoms with Crippen molar-refractivity contribution < 1.29 is 14.3 Å². The van der Waals surface area contributed by atoms with E-state index in [-0.39, 0.29) is 16.9 Å². The number of anilines is 1. The van der Waals surface area contributed by atoms with Gasteiger partial charge in [0.15, 0.2) is 5.69 Å². The van der Waals surface area contributed by atoms with Crippen molar-refractivity contribution in [1.29, 1.82) is 0 Å². The highest BCUT2D eigenvalue weighted by Crippen LogP contribution is 2.36. The number of hydrazone groups is 1. The van der Waals surface area contributed by atoms with Gasteiger partial charge in [-0.05, 0) is 73.4 Å². The number of ether oxygens (including phenoxy) is 1. The molecule has 11 nitrogen and oxygen atoms in total. The number of aromatic amines is 1. The molecule has 2 atom stereocenters. The first-order chi connectivity index (χ1) is 21.4. The topological polar surface area (TPSA) is 134 Å². The van der Waals surface area contributed by atoms with Crippen molar-refractivity contribution in [1.82, 2.24) is 24.9 Å². The lowest BCUT2D eigenvalue weighted by atomic mass is 9.83. The molecule has 3 N–H and O–H groups in total. The number of H-pyrrole nitrogens is 1. The molecule has 2 aliphatic heterocycles. The van der Waals surface area contributed by atoms with Crippen molar-refractivity contribution in [2.24, 2.45) is 11.0 Å². The number of halogens is 1. The van der Waals surface area contributed by atoms with E-state index in [2.05, 4.69) is 36.8 Å². The summed E-state index contributed by atoms with van der Waals surface area (Å²) in [6.07, 6.45) is 3.91. The van der Waals surface area contributed by atoms with E-state index in [1.54, 1.807) is 36.5 Å². The number of fused-ring (bicyclic) bond motifs is 4. The number of carbonyl (C=O) groups is 2. The quantitative estimate of drug-likeness (QED) is 0.191. The fourth-order valence-corrected chi connectivity index (χ4v) is 6.18. The first-order valence-electron chi connectivity index (χ1n) is 14.5. The molecule has 2 aliphatic rings. The molecular weight excluding hydrogens is 582 g/mol. The number of pyridine rings is 1. The highest BCUT2D eigenvalue weighted by molar-refractivity contribution is 6.30. The summed E-state index contributed by atoms with van der Waals surface area (Å²) in [5.41, 5.74) is 5.90. The van der Waals surface area contributed by atoms with E-state index in [9.17, 15) is 14.4 Å². The normalized spacial score (nSPS) is 17.7. The highest BCUT2D eigenvalue weighted by Gasteiger charge is 2.34. The van der Waals surface area contributed by atoms with Crippen LogP contribution >= 0.6 is 11.6 Å². The van der Waals surface area contributed by atoms with Crippen molar-refractivity contribution in [3.8, 4) is 5.75 Å². The molecule has 2 aromatic heterocycles. The summed E-state index contributed by atoms with van der Waals surface area (Å²) >= 11 is 5.91. The number of hydrogen-bond donors (Lipinski definition) is 3. The molecule has 0 spiro atoms. The average Bonchev–Trinajstić information content (AvgIpc) is 3.51. The van der Waals surface area contributed by atoms with Crippen LogP contribution in [0.25, 0.3) is 0 Å². The maximum atomic E-state index is 12.8. The highest BCUT2D eigenvalue weighted by atomic mass is 35.5. The second kappa shape index (κ2) is 12.9. The van der Waals surface area contributed by atoms with Crippen LogP contribution in [0, 0.1) is 5.92 Å². The van der Waals surface area contributed by atoms with Crippen molar-refractivity contribution in [3.63, 3.8) is 0 Å². The minimum Gasteiger partial charge on any atom is -0.494 e. The maximum Gasteiger partial charge on any atom is 0.292 e. The molecule has 226 valence electrons. The Kier molecular flexibility index (Phi) is 8.58. The summed E-state index contributed by atoms with van der Waals surface area (Å²) in [5.74, 6) is 0.375. The third-order valence-electron chi connectivity index (χ3n) is 7.90. The number of likely N-dealkylation sites (tertiary alicyclic amines) is 1. The Morgan fingerprint density at radius 2 is 1.95 bits per heavy atom. The number of rotatable bonds is 9. The van der Waals surface area contributed by atoms with Gasteiger partial charge in [0.1, 0.15) is 11.4 Å². The van der Waals surface area contributed by atoms with Gasteiger partial charge in [-0.25, -0.2) is 10.4 Å². The summed E-state index contributed by atoms with van der Waals surface area (Å²) in [6, 6.07) is 18.0. The molecule has 2 bridgehead atoms. The molecular formula is C32H32ClN7O4. The number of piperidine rings is 1. The van der Waals surface area contributed by atoms with Crippen LogP contribution in [-0.2, 0) is 13.1 Å². The fourth-order valence-electron chi connectivity index (χ4n) is 6.05. The molecule has 1 saturated heterocycles. The Hall–Kier alpha value is -4.74. The van der Waals surface area contributed by atoms with E-state index in [0.29, 0.717) is 35.7 Å². The van der Waals surface area contributed by atoms with Crippen LogP contribution < -0.4 is 21.0 Å². The van der Waals surface area contributed by atoms with Gasteiger partial charge in [-0.15, -0.1) is 0 Å². The number of amides is 2. The second-order valence-corrected chi connectivity index (χ2v) is 11.4. The van der Waals surface area contributed by atoms with E-state index in [4.69, 9.17) is 16.3 Å². The Bertz CT molecular complexity index is 1760. The van der Waals surface area contributed by atoms with E-state index >= 15 is 0 Å². The first-order valence-corrected chi connectivity index (χ1v) is 14.9. The van der Waals surface area contributed by atoms with Gasteiger partial charge in [-0.2, -0.15) is 5.10 Å². The Morgan fingerprint density at radius 3 is 2.77 bits per heavy atom. The summed E-state index contributed by atoms with van der Waals surface area (Å²) in [4.78, 5) is 47.1. The van der Waals surface area contributed by atoms with E-state index in [0.717, 1.165) is 48.6 Å². The summed E-state index contributed by atoms with van der Waals surface area (Å²) in [5, 5.41) is 7.37. The Morgan fingerprint density at radius 1 is 1.11 bits per heavy atom. The first kappa shape index (κ1) is 29.3. The van der Waals surface area contributed by atoms with Crippen molar-refractivity contribution in [3.05, 3.63) is 111 Å². The zero-order valence-corrected chi connectivity index (χ0v) is 24.9. The molecule has 4 heterocycles. The SMILES string of the molecule is CCOc1ccc(/C=N\NC(=O)c2nc[nH]c2C(=O)Nc2ccc(Cl)cc2)cc1CN1C[C@H]2C[C@@H](C1)c1cccc(=O)n1C2. The maximum absolute atomic E-state index is 12.8. The van der Waals surface area contributed by atoms with Crippen LogP contribution in [0.5, 0.6) is 5.75 Å². The van der Waals surface area contributed by atoms with Gasteiger partial charge in [0, 0.05) is 60.1 Å². The minimum atomic E-state index is -0.630. The zero-order chi connectivity index (χ0) is 30.6. The van der Waals surface area contributed by atoms with E-state index in [1.807, 2.05) is 35.8 Å². The van der Waals surface area contributed by atoms with Gasteiger partial charge in [-0.3, -0.25) is 19.3 Å². The fraction of sp³-hybridized carbons (Fsp3) is 0.281. The lowest BCUT2D eigenvalue weighted by Crippen LogP contribution is -2.46. The van der Waals surface area contributed by atoms with E-state index in [1.165, 1.54) is 6.33 Å². The van der Waals surface area contributed by atoms with Crippen LogP contribution in [-0.4, -0.2) is 57.2 Å². The molecule has 4 aromatic rings. The molecule has 44 heavy (non-hydrogen) atoms. The third-order valence-corrected chi connectivity index (χ3v) is 8.15. The van der Waals surface area contributed by atoms with Crippen LogP contribution in [0.2, 0.25) is 5.02 Å². The number of aromatic nitrogens is 3. The predicted molar refractivity (Wildman–Crippen MR) is 167 cm³/mol. The summed E-state index contributed by atoms with van der Waals surface area (Å²) in [7, 11) is 0. The largest absolute Gasteiger partial charge is 0.494 e. The molecule has 0 saturated carbocycles. The van der Waals surface area contributed by atoms with E-state index < -0.39 is 11.8 Å². The molecule has 2 amide bonds. The number of nitrogens with one attached hydrogen (secondary N) is 3. The smallest absolute Gasteiger partial charge is 0.292 e. The van der Waals surface area contributed by atoms with Crippen molar-refractivity contribution >= 4 is 35.3 Å². The molecule has 1 fully saturated rings.